The molecule has 1 fully saturated rings. The van der Waals surface area contributed by atoms with E-state index in [0.717, 1.165) is 12.1 Å². The highest BCUT2D eigenvalue weighted by atomic mass is 19.4. The molecule has 0 bridgehead atoms. The number of hydrogen-bond donors (Lipinski definition) is 2. The number of halogens is 3. The van der Waals surface area contributed by atoms with Gasteiger partial charge in [-0.25, -0.2) is 0 Å². The third kappa shape index (κ3) is 3.47. The van der Waals surface area contributed by atoms with Crippen LogP contribution in [0.25, 0.3) is 0 Å². The van der Waals surface area contributed by atoms with Crippen LogP contribution in [-0.2, 0) is 29.9 Å². The van der Waals surface area contributed by atoms with E-state index in [4.69, 9.17) is 0 Å². The number of alkyl halides is 3. The highest BCUT2D eigenvalue weighted by Crippen LogP contribution is 2.49. The first-order chi connectivity index (χ1) is 11.7. The number of carbonyl (C=O) groups excluding carboxylic acids is 1. The molecule has 0 atom stereocenters. The molecule has 0 unspecified atom stereocenters. The van der Waals surface area contributed by atoms with Crippen molar-refractivity contribution in [2.45, 2.75) is 30.9 Å². The van der Waals surface area contributed by atoms with Crippen LogP contribution in [0.1, 0.15) is 29.7 Å². The summed E-state index contributed by atoms with van der Waals surface area (Å²) in [6.07, 6.45) is -2.92. The Bertz CT molecular complexity index is 847. The van der Waals surface area contributed by atoms with E-state index >= 15 is 0 Å². The molecule has 5 nitrogen and oxygen atoms in total. The summed E-state index contributed by atoms with van der Waals surface area (Å²) in [4.78, 5) is 23.8. The van der Waals surface area contributed by atoms with Crippen molar-refractivity contribution in [3.05, 3.63) is 57.5 Å². The second-order valence-electron chi connectivity index (χ2n) is 6.35. The van der Waals surface area contributed by atoms with Gasteiger partial charge in [-0.2, -0.15) is 13.2 Å². The standard InChI is InChI=1S/C17H18F3N3O2/c1-23-14(24)10-13(22-23)5-8-21-15(25)16(6-7-16)11-3-2-4-12(9-11)17(18,19)20/h2-4,9-10,22H,5-8H2,1H3,(H,21,25). The quantitative estimate of drug-likeness (QED) is 0.865. The van der Waals surface area contributed by atoms with Gasteiger partial charge in [0, 0.05) is 31.8 Å². The summed E-state index contributed by atoms with van der Waals surface area (Å²) in [6, 6.07) is 6.41. The van der Waals surface area contributed by atoms with Gasteiger partial charge < -0.3 is 5.32 Å². The van der Waals surface area contributed by atoms with Crippen molar-refractivity contribution in [1.29, 1.82) is 0 Å². The first-order valence-electron chi connectivity index (χ1n) is 7.93. The Morgan fingerprint density at radius 1 is 1.32 bits per heavy atom. The lowest BCUT2D eigenvalue weighted by atomic mass is 9.93. The summed E-state index contributed by atoms with van der Waals surface area (Å²) in [5, 5.41) is 5.62. The van der Waals surface area contributed by atoms with E-state index in [1.165, 1.54) is 16.8 Å². The summed E-state index contributed by atoms with van der Waals surface area (Å²) >= 11 is 0. The van der Waals surface area contributed by atoms with Crippen molar-refractivity contribution >= 4 is 5.91 Å². The number of nitrogens with one attached hydrogen (secondary N) is 2. The second-order valence-corrected chi connectivity index (χ2v) is 6.35. The third-order valence-electron chi connectivity index (χ3n) is 4.55. The van der Waals surface area contributed by atoms with Crippen LogP contribution in [-0.4, -0.2) is 22.2 Å². The summed E-state index contributed by atoms with van der Waals surface area (Å²) in [5.74, 6) is -0.273. The van der Waals surface area contributed by atoms with Crippen molar-refractivity contribution in [3.63, 3.8) is 0 Å². The first-order valence-corrected chi connectivity index (χ1v) is 7.93. The average Bonchev–Trinajstić information content (AvgIpc) is 3.29. The Kier molecular flexibility index (Phi) is 4.22. The topological polar surface area (TPSA) is 66.9 Å². The minimum Gasteiger partial charge on any atom is -0.355 e. The number of nitrogens with zero attached hydrogens (tertiary/aromatic N) is 1. The van der Waals surface area contributed by atoms with Gasteiger partial charge in [0.15, 0.2) is 0 Å². The van der Waals surface area contributed by atoms with Gasteiger partial charge in [0.1, 0.15) is 0 Å². The lowest BCUT2D eigenvalue weighted by Crippen LogP contribution is -2.36. The Morgan fingerprint density at radius 3 is 2.60 bits per heavy atom. The SMILES string of the molecule is Cn1[nH]c(CCNC(=O)C2(c3cccc(C(F)(F)F)c3)CC2)cc1=O. The van der Waals surface area contributed by atoms with E-state index in [9.17, 15) is 22.8 Å². The molecule has 134 valence electrons. The molecular formula is C17H18F3N3O2. The minimum atomic E-state index is -4.43. The van der Waals surface area contributed by atoms with E-state index in [1.807, 2.05) is 0 Å². The Hall–Kier alpha value is -2.51. The summed E-state index contributed by atoms with van der Waals surface area (Å²) in [7, 11) is 1.59. The molecule has 0 radical (unpaired) electrons. The number of rotatable bonds is 5. The molecule has 1 saturated carbocycles. The van der Waals surface area contributed by atoms with E-state index in [0.29, 0.717) is 37.1 Å². The fourth-order valence-corrected chi connectivity index (χ4v) is 2.92. The zero-order valence-corrected chi connectivity index (χ0v) is 13.6. The van der Waals surface area contributed by atoms with Gasteiger partial charge in [-0.05, 0) is 24.5 Å². The Labute approximate surface area is 141 Å². The van der Waals surface area contributed by atoms with Crippen molar-refractivity contribution in [2.75, 3.05) is 6.54 Å². The normalized spacial score (nSPS) is 15.8. The molecule has 1 aliphatic rings. The maximum atomic E-state index is 12.9. The highest BCUT2D eigenvalue weighted by Gasteiger charge is 2.51. The van der Waals surface area contributed by atoms with Gasteiger partial charge in [0.25, 0.3) is 5.56 Å². The molecule has 1 amide bonds. The van der Waals surface area contributed by atoms with Crippen molar-refractivity contribution in [1.82, 2.24) is 15.1 Å². The van der Waals surface area contributed by atoms with Crippen LogP contribution in [0.2, 0.25) is 0 Å². The fraction of sp³-hybridized carbons (Fsp3) is 0.412. The fourth-order valence-electron chi connectivity index (χ4n) is 2.92. The van der Waals surface area contributed by atoms with Crippen LogP contribution in [0.5, 0.6) is 0 Å². The van der Waals surface area contributed by atoms with Gasteiger partial charge in [-0.15, -0.1) is 0 Å². The second kappa shape index (κ2) is 6.09. The molecular weight excluding hydrogens is 335 g/mol. The molecule has 3 rings (SSSR count). The predicted octanol–water partition coefficient (Wildman–Crippen LogP) is 2.12. The zero-order chi connectivity index (χ0) is 18.2. The summed E-state index contributed by atoms with van der Waals surface area (Å²) in [6.45, 7) is 0.305. The van der Waals surface area contributed by atoms with Crippen LogP contribution in [0, 0.1) is 0 Å². The Morgan fingerprint density at radius 2 is 2.04 bits per heavy atom. The van der Waals surface area contributed by atoms with Crippen LogP contribution in [0.15, 0.2) is 35.1 Å². The first kappa shape index (κ1) is 17.3. The number of H-pyrrole nitrogens is 1. The predicted molar refractivity (Wildman–Crippen MR) is 85.1 cm³/mol. The highest BCUT2D eigenvalue weighted by molar-refractivity contribution is 5.91. The number of amides is 1. The molecule has 1 heterocycles. The van der Waals surface area contributed by atoms with Gasteiger partial charge in [0.2, 0.25) is 5.91 Å². The van der Waals surface area contributed by atoms with Crippen LogP contribution in [0.4, 0.5) is 13.2 Å². The molecule has 8 heteroatoms. The monoisotopic (exact) mass is 353 g/mol. The van der Waals surface area contributed by atoms with Gasteiger partial charge in [-0.1, -0.05) is 18.2 Å². The van der Waals surface area contributed by atoms with Crippen molar-refractivity contribution < 1.29 is 18.0 Å². The van der Waals surface area contributed by atoms with Crippen molar-refractivity contribution in [2.24, 2.45) is 7.05 Å². The van der Waals surface area contributed by atoms with Gasteiger partial charge >= 0.3 is 6.18 Å². The molecule has 0 spiro atoms. The van der Waals surface area contributed by atoms with Crippen LogP contribution >= 0.6 is 0 Å². The smallest absolute Gasteiger partial charge is 0.355 e. The van der Waals surface area contributed by atoms with Gasteiger partial charge in [0.05, 0.1) is 11.0 Å². The third-order valence-corrected chi connectivity index (χ3v) is 4.55. The molecule has 2 aromatic rings. The molecule has 0 aliphatic heterocycles. The lowest BCUT2D eigenvalue weighted by molar-refractivity contribution is -0.137. The van der Waals surface area contributed by atoms with Crippen LogP contribution in [0.3, 0.4) is 0 Å². The minimum absolute atomic E-state index is 0.163. The molecule has 1 aliphatic carbocycles. The van der Waals surface area contributed by atoms with Gasteiger partial charge in [-0.3, -0.25) is 19.4 Å². The number of hydrogen-bond acceptors (Lipinski definition) is 2. The molecule has 0 saturated heterocycles. The Balaban J connectivity index is 1.66. The lowest BCUT2D eigenvalue weighted by Gasteiger charge is -2.17. The number of benzene rings is 1. The number of aromatic nitrogens is 2. The average molecular weight is 353 g/mol. The van der Waals surface area contributed by atoms with E-state index < -0.39 is 17.2 Å². The molecule has 2 N–H and O–H groups in total. The number of carbonyl (C=O) groups is 1. The summed E-state index contributed by atoms with van der Waals surface area (Å²) < 4.78 is 39.9. The molecule has 1 aromatic heterocycles. The number of aromatic amines is 1. The largest absolute Gasteiger partial charge is 0.416 e. The van der Waals surface area contributed by atoms with Crippen molar-refractivity contribution in [3.8, 4) is 0 Å². The maximum absolute atomic E-state index is 12.9. The summed E-state index contributed by atoms with van der Waals surface area (Å²) in [5.41, 5.74) is -0.690. The molecule has 1 aromatic carbocycles. The number of aryl methyl sites for hydroxylation is 1. The molecule has 25 heavy (non-hydrogen) atoms. The zero-order valence-electron chi connectivity index (χ0n) is 13.6. The van der Waals surface area contributed by atoms with E-state index in [1.54, 1.807) is 13.1 Å². The van der Waals surface area contributed by atoms with Crippen LogP contribution < -0.4 is 10.9 Å². The maximum Gasteiger partial charge on any atom is 0.416 e. The van der Waals surface area contributed by atoms with E-state index in [-0.39, 0.29) is 11.5 Å². The van der Waals surface area contributed by atoms with E-state index in [2.05, 4.69) is 10.4 Å².